The van der Waals surface area contributed by atoms with E-state index < -0.39 is 0 Å². The van der Waals surface area contributed by atoms with E-state index in [4.69, 9.17) is 17.3 Å². The zero-order valence-electron chi connectivity index (χ0n) is 7.13. The third-order valence-electron chi connectivity index (χ3n) is 1.78. The van der Waals surface area contributed by atoms with Gasteiger partial charge in [-0.3, -0.25) is 0 Å². The van der Waals surface area contributed by atoms with Crippen molar-refractivity contribution in [3.05, 3.63) is 29.0 Å². The molecule has 1 atom stereocenters. The lowest BCUT2D eigenvalue weighted by Crippen LogP contribution is -2.09. The molecule has 0 spiro atoms. The number of rotatable bonds is 3. The van der Waals surface area contributed by atoms with Crippen LogP contribution in [-0.4, -0.2) is 4.98 Å². The molecule has 0 aromatic carbocycles. The highest BCUT2D eigenvalue weighted by Crippen LogP contribution is 2.17. The van der Waals surface area contributed by atoms with E-state index in [9.17, 15) is 0 Å². The van der Waals surface area contributed by atoms with Crippen LogP contribution < -0.4 is 5.73 Å². The van der Waals surface area contributed by atoms with Gasteiger partial charge in [-0.15, -0.1) is 0 Å². The van der Waals surface area contributed by atoms with Crippen molar-refractivity contribution in [2.75, 3.05) is 0 Å². The van der Waals surface area contributed by atoms with Gasteiger partial charge < -0.3 is 5.73 Å². The molecule has 0 bridgehead atoms. The minimum atomic E-state index is 0.0931. The van der Waals surface area contributed by atoms with E-state index in [1.54, 1.807) is 6.20 Å². The number of pyridine rings is 1. The fraction of sp³-hybridized carbons (Fsp3) is 0.444. The van der Waals surface area contributed by atoms with Crippen molar-refractivity contribution in [1.82, 2.24) is 4.98 Å². The van der Waals surface area contributed by atoms with Crippen molar-refractivity contribution in [2.24, 2.45) is 5.73 Å². The highest BCUT2D eigenvalue weighted by molar-refractivity contribution is 6.29. The molecule has 0 fully saturated rings. The maximum atomic E-state index is 5.89. The fourth-order valence-corrected chi connectivity index (χ4v) is 1.31. The molecular formula is C9H13ClN2. The van der Waals surface area contributed by atoms with E-state index in [2.05, 4.69) is 11.9 Å². The smallest absolute Gasteiger partial charge is 0.129 e. The van der Waals surface area contributed by atoms with E-state index >= 15 is 0 Å². The number of nitrogens with two attached hydrogens (primary N) is 1. The molecular weight excluding hydrogens is 172 g/mol. The molecule has 0 aliphatic carbocycles. The largest absolute Gasteiger partial charge is 0.324 e. The van der Waals surface area contributed by atoms with Gasteiger partial charge in [-0.2, -0.15) is 0 Å². The van der Waals surface area contributed by atoms with Gasteiger partial charge in [-0.25, -0.2) is 4.98 Å². The summed E-state index contributed by atoms with van der Waals surface area (Å²) in [6.07, 6.45) is 3.76. The van der Waals surface area contributed by atoms with Crippen LogP contribution in [0.5, 0.6) is 0 Å². The Morgan fingerprint density at radius 3 is 3.00 bits per heavy atom. The minimum Gasteiger partial charge on any atom is -0.324 e. The molecule has 1 aromatic rings. The van der Waals surface area contributed by atoms with Gasteiger partial charge in [0.05, 0.1) is 0 Å². The van der Waals surface area contributed by atoms with Crippen LogP contribution in [0.1, 0.15) is 31.4 Å². The SMILES string of the molecule is CCC[C@@H](N)c1ccnc(Cl)c1. The van der Waals surface area contributed by atoms with Crippen molar-refractivity contribution in [2.45, 2.75) is 25.8 Å². The second kappa shape index (κ2) is 4.43. The van der Waals surface area contributed by atoms with E-state index in [-0.39, 0.29) is 6.04 Å². The molecule has 2 nitrogen and oxygen atoms in total. The summed E-state index contributed by atoms with van der Waals surface area (Å²) < 4.78 is 0. The maximum Gasteiger partial charge on any atom is 0.129 e. The molecule has 2 N–H and O–H groups in total. The standard InChI is InChI=1S/C9H13ClN2/c1-2-3-8(11)7-4-5-12-9(10)6-7/h4-6,8H,2-3,11H2,1H3/t8-/m1/s1. The monoisotopic (exact) mass is 184 g/mol. The van der Waals surface area contributed by atoms with Crippen LogP contribution >= 0.6 is 11.6 Å². The Kier molecular flexibility index (Phi) is 3.50. The number of hydrogen-bond donors (Lipinski definition) is 1. The van der Waals surface area contributed by atoms with Gasteiger partial charge in [0.2, 0.25) is 0 Å². The summed E-state index contributed by atoms with van der Waals surface area (Å²) in [7, 11) is 0. The van der Waals surface area contributed by atoms with Crippen LogP contribution in [0.15, 0.2) is 18.3 Å². The normalized spacial score (nSPS) is 12.9. The number of aromatic nitrogens is 1. The van der Waals surface area contributed by atoms with Crippen LogP contribution in [-0.2, 0) is 0 Å². The first-order valence-corrected chi connectivity index (χ1v) is 4.49. The maximum absolute atomic E-state index is 5.89. The summed E-state index contributed by atoms with van der Waals surface area (Å²) in [5.41, 5.74) is 6.95. The summed E-state index contributed by atoms with van der Waals surface area (Å²) in [4.78, 5) is 3.89. The van der Waals surface area contributed by atoms with Crippen molar-refractivity contribution in [1.29, 1.82) is 0 Å². The zero-order valence-corrected chi connectivity index (χ0v) is 7.88. The van der Waals surface area contributed by atoms with Gasteiger partial charge >= 0.3 is 0 Å². The Morgan fingerprint density at radius 2 is 2.42 bits per heavy atom. The van der Waals surface area contributed by atoms with E-state index in [1.807, 2.05) is 12.1 Å². The van der Waals surface area contributed by atoms with Crippen molar-refractivity contribution in [3.8, 4) is 0 Å². The second-order valence-corrected chi connectivity index (χ2v) is 3.19. The third-order valence-corrected chi connectivity index (χ3v) is 1.99. The lowest BCUT2D eigenvalue weighted by molar-refractivity contribution is 0.638. The molecule has 0 aliphatic heterocycles. The topological polar surface area (TPSA) is 38.9 Å². The number of nitrogens with zero attached hydrogens (tertiary/aromatic N) is 1. The Hall–Kier alpha value is -0.600. The molecule has 0 saturated carbocycles. The Morgan fingerprint density at radius 1 is 1.67 bits per heavy atom. The Balaban J connectivity index is 2.73. The van der Waals surface area contributed by atoms with Crippen LogP contribution in [0.3, 0.4) is 0 Å². The summed E-state index contributed by atoms with van der Waals surface area (Å²) in [6, 6.07) is 3.82. The van der Waals surface area contributed by atoms with E-state index in [0.717, 1.165) is 18.4 Å². The van der Waals surface area contributed by atoms with Gasteiger partial charge in [-0.1, -0.05) is 24.9 Å². The molecule has 0 radical (unpaired) electrons. The van der Waals surface area contributed by atoms with Gasteiger partial charge in [0.25, 0.3) is 0 Å². The first-order valence-electron chi connectivity index (χ1n) is 4.11. The predicted octanol–water partition coefficient (Wildman–Crippen LogP) is 2.53. The average Bonchev–Trinajstić information content (AvgIpc) is 2.05. The lowest BCUT2D eigenvalue weighted by atomic mass is 10.1. The van der Waals surface area contributed by atoms with Crippen LogP contribution in [0.4, 0.5) is 0 Å². The van der Waals surface area contributed by atoms with Crippen molar-refractivity contribution >= 4 is 11.6 Å². The van der Waals surface area contributed by atoms with Gasteiger partial charge in [0.15, 0.2) is 0 Å². The first-order chi connectivity index (χ1) is 5.74. The zero-order chi connectivity index (χ0) is 8.97. The highest BCUT2D eigenvalue weighted by atomic mass is 35.5. The van der Waals surface area contributed by atoms with Gasteiger partial charge in [0, 0.05) is 12.2 Å². The predicted molar refractivity (Wildman–Crippen MR) is 51.1 cm³/mol. The van der Waals surface area contributed by atoms with E-state index in [1.165, 1.54) is 0 Å². The summed E-state index contributed by atoms with van der Waals surface area (Å²) in [5, 5.41) is 0.513. The molecule has 1 aromatic heterocycles. The molecule has 0 amide bonds. The Bertz CT molecular complexity index is 250. The average molecular weight is 185 g/mol. The van der Waals surface area contributed by atoms with Crippen molar-refractivity contribution in [3.63, 3.8) is 0 Å². The molecule has 0 unspecified atom stereocenters. The minimum absolute atomic E-state index is 0.0931. The first kappa shape index (κ1) is 9.49. The molecule has 1 heterocycles. The third kappa shape index (κ3) is 2.47. The fourth-order valence-electron chi connectivity index (χ4n) is 1.13. The Labute approximate surface area is 77.8 Å². The molecule has 0 saturated heterocycles. The highest BCUT2D eigenvalue weighted by Gasteiger charge is 2.04. The second-order valence-electron chi connectivity index (χ2n) is 2.81. The molecule has 1 rings (SSSR count). The molecule has 66 valence electrons. The van der Waals surface area contributed by atoms with Crippen LogP contribution in [0.2, 0.25) is 5.15 Å². The van der Waals surface area contributed by atoms with Gasteiger partial charge in [0.1, 0.15) is 5.15 Å². The number of halogens is 1. The lowest BCUT2D eigenvalue weighted by Gasteiger charge is -2.09. The summed E-state index contributed by atoms with van der Waals surface area (Å²) >= 11 is 5.72. The molecule has 12 heavy (non-hydrogen) atoms. The van der Waals surface area contributed by atoms with Crippen molar-refractivity contribution < 1.29 is 0 Å². The number of hydrogen-bond acceptors (Lipinski definition) is 2. The van der Waals surface area contributed by atoms with Crippen LogP contribution in [0, 0.1) is 0 Å². The molecule has 0 aliphatic rings. The quantitative estimate of drug-likeness (QED) is 0.734. The summed E-state index contributed by atoms with van der Waals surface area (Å²) in [5.74, 6) is 0. The van der Waals surface area contributed by atoms with Gasteiger partial charge in [-0.05, 0) is 24.1 Å². The molecule has 3 heteroatoms. The summed E-state index contributed by atoms with van der Waals surface area (Å²) in [6.45, 7) is 2.11. The van der Waals surface area contributed by atoms with E-state index in [0.29, 0.717) is 5.15 Å². The van der Waals surface area contributed by atoms with Crippen LogP contribution in [0.25, 0.3) is 0 Å².